The van der Waals surface area contributed by atoms with Crippen LogP contribution < -0.4 is 10.1 Å². The first kappa shape index (κ1) is 12.6. The summed E-state index contributed by atoms with van der Waals surface area (Å²) in [5.41, 5.74) is 3.32. The molecule has 0 bridgehead atoms. The van der Waals surface area contributed by atoms with E-state index in [0.29, 0.717) is 0 Å². The number of nitrogens with zero attached hydrogens (tertiary/aromatic N) is 1. The molecule has 2 rings (SSSR count). The van der Waals surface area contributed by atoms with Crippen molar-refractivity contribution in [3.05, 3.63) is 46.8 Å². The molecule has 0 atom stereocenters. The molecule has 18 heavy (non-hydrogen) atoms. The lowest BCUT2D eigenvalue weighted by atomic mass is 10.2. The van der Waals surface area contributed by atoms with Crippen molar-refractivity contribution in [3.8, 4) is 5.75 Å². The van der Waals surface area contributed by atoms with Gasteiger partial charge < -0.3 is 14.6 Å². The minimum absolute atomic E-state index is 0.771. The van der Waals surface area contributed by atoms with Crippen molar-refractivity contribution in [3.63, 3.8) is 0 Å². The van der Waals surface area contributed by atoms with E-state index in [2.05, 4.69) is 22.6 Å². The van der Waals surface area contributed by atoms with Crippen LogP contribution in [0.5, 0.6) is 5.75 Å². The molecule has 0 spiro atoms. The third kappa shape index (κ3) is 2.90. The Bertz CT molecular complexity index is 484. The van der Waals surface area contributed by atoms with Gasteiger partial charge in [0, 0.05) is 18.7 Å². The predicted molar refractivity (Wildman–Crippen MR) is 69.5 cm³/mol. The van der Waals surface area contributed by atoms with Crippen LogP contribution in [0.2, 0.25) is 0 Å². The number of rotatable bonds is 5. The third-order valence-corrected chi connectivity index (χ3v) is 2.97. The third-order valence-electron chi connectivity index (χ3n) is 2.97. The number of hydrogen-bond acceptors (Lipinski definition) is 4. The van der Waals surface area contributed by atoms with E-state index in [4.69, 9.17) is 9.26 Å². The van der Waals surface area contributed by atoms with Gasteiger partial charge in [0.1, 0.15) is 11.5 Å². The molecule has 4 nitrogen and oxygen atoms in total. The van der Waals surface area contributed by atoms with Crippen molar-refractivity contribution in [2.45, 2.75) is 26.9 Å². The van der Waals surface area contributed by atoms with E-state index in [0.717, 1.165) is 35.9 Å². The lowest BCUT2D eigenvalue weighted by Crippen LogP contribution is -2.13. The molecule has 1 heterocycles. The first-order valence-electron chi connectivity index (χ1n) is 5.96. The lowest BCUT2D eigenvalue weighted by molar-refractivity contribution is 0.392. The monoisotopic (exact) mass is 246 g/mol. The van der Waals surface area contributed by atoms with Gasteiger partial charge in [0.15, 0.2) is 0 Å². The number of benzene rings is 1. The summed E-state index contributed by atoms with van der Waals surface area (Å²) < 4.78 is 10.2. The molecule has 1 N–H and O–H groups in total. The van der Waals surface area contributed by atoms with Gasteiger partial charge in [0.25, 0.3) is 0 Å². The minimum Gasteiger partial charge on any atom is -0.497 e. The van der Waals surface area contributed by atoms with Gasteiger partial charge in [0.2, 0.25) is 0 Å². The first-order valence-corrected chi connectivity index (χ1v) is 5.96. The summed E-state index contributed by atoms with van der Waals surface area (Å²) in [4.78, 5) is 0. The Morgan fingerprint density at radius 3 is 2.44 bits per heavy atom. The minimum atomic E-state index is 0.771. The van der Waals surface area contributed by atoms with E-state index in [1.807, 2.05) is 26.0 Å². The van der Waals surface area contributed by atoms with E-state index in [-0.39, 0.29) is 0 Å². The van der Waals surface area contributed by atoms with Crippen molar-refractivity contribution < 1.29 is 9.26 Å². The van der Waals surface area contributed by atoms with E-state index < -0.39 is 0 Å². The number of ether oxygens (including phenoxy) is 1. The summed E-state index contributed by atoms with van der Waals surface area (Å²) >= 11 is 0. The number of nitrogens with one attached hydrogen (secondary N) is 1. The molecule has 0 amide bonds. The van der Waals surface area contributed by atoms with E-state index in [1.165, 1.54) is 5.56 Å². The molecule has 0 fully saturated rings. The number of aromatic nitrogens is 1. The second kappa shape index (κ2) is 5.69. The lowest BCUT2D eigenvalue weighted by Gasteiger charge is -2.05. The summed E-state index contributed by atoms with van der Waals surface area (Å²) in [6.07, 6.45) is 0. The van der Waals surface area contributed by atoms with E-state index in [9.17, 15) is 0 Å². The Kier molecular flexibility index (Phi) is 3.99. The summed E-state index contributed by atoms with van der Waals surface area (Å²) in [5, 5.41) is 7.32. The molecular formula is C14H18N2O2. The molecule has 0 aliphatic heterocycles. The Hall–Kier alpha value is -1.81. The molecule has 0 radical (unpaired) electrons. The molecule has 0 aliphatic rings. The fourth-order valence-electron chi connectivity index (χ4n) is 1.83. The maximum absolute atomic E-state index is 5.12. The van der Waals surface area contributed by atoms with Crippen LogP contribution in [0.15, 0.2) is 28.8 Å². The zero-order valence-corrected chi connectivity index (χ0v) is 11.0. The van der Waals surface area contributed by atoms with Crippen molar-refractivity contribution >= 4 is 0 Å². The molecule has 1 aromatic carbocycles. The molecule has 0 saturated carbocycles. The summed E-state index contributed by atoms with van der Waals surface area (Å²) in [7, 11) is 1.67. The van der Waals surface area contributed by atoms with Crippen LogP contribution in [0.25, 0.3) is 0 Å². The van der Waals surface area contributed by atoms with Gasteiger partial charge in [-0.1, -0.05) is 17.3 Å². The second-order valence-electron chi connectivity index (χ2n) is 4.25. The largest absolute Gasteiger partial charge is 0.497 e. The van der Waals surface area contributed by atoms with Gasteiger partial charge >= 0.3 is 0 Å². The van der Waals surface area contributed by atoms with Crippen LogP contribution in [-0.4, -0.2) is 12.3 Å². The van der Waals surface area contributed by atoms with E-state index in [1.54, 1.807) is 7.11 Å². The van der Waals surface area contributed by atoms with Crippen LogP contribution in [0.3, 0.4) is 0 Å². The highest BCUT2D eigenvalue weighted by atomic mass is 16.5. The standard InChI is InChI=1S/C14H18N2O2/c1-10-14(11(2)18-16-10)9-15-8-12-4-6-13(17-3)7-5-12/h4-7,15H,8-9H2,1-3H3. The van der Waals surface area contributed by atoms with Crippen molar-refractivity contribution in [2.75, 3.05) is 7.11 Å². The molecule has 0 aliphatic carbocycles. The van der Waals surface area contributed by atoms with Crippen LogP contribution in [0.4, 0.5) is 0 Å². The fourth-order valence-corrected chi connectivity index (χ4v) is 1.83. The Morgan fingerprint density at radius 1 is 1.17 bits per heavy atom. The molecule has 0 saturated heterocycles. The van der Waals surface area contributed by atoms with Crippen LogP contribution in [-0.2, 0) is 13.1 Å². The normalized spacial score (nSPS) is 10.6. The average Bonchev–Trinajstić information content (AvgIpc) is 2.71. The number of hydrogen-bond donors (Lipinski definition) is 1. The molecule has 4 heteroatoms. The highest BCUT2D eigenvalue weighted by molar-refractivity contribution is 5.27. The Balaban J connectivity index is 1.88. The quantitative estimate of drug-likeness (QED) is 0.881. The highest BCUT2D eigenvalue weighted by Gasteiger charge is 2.07. The van der Waals surface area contributed by atoms with Crippen LogP contribution in [0.1, 0.15) is 22.6 Å². The van der Waals surface area contributed by atoms with Gasteiger partial charge in [0.05, 0.1) is 12.8 Å². The van der Waals surface area contributed by atoms with Crippen molar-refractivity contribution in [2.24, 2.45) is 0 Å². The van der Waals surface area contributed by atoms with Crippen LogP contribution >= 0.6 is 0 Å². The van der Waals surface area contributed by atoms with Crippen molar-refractivity contribution in [1.82, 2.24) is 10.5 Å². The van der Waals surface area contributed by atoms with Gasteiger partial charge in [-0.2, -0.15) is 0 Å². The molecular weight excluding hydrogens is 228 g/mol. The zero-order chi connectivity index (χ0) is 13.0. The summed E-state index contributed by atoms with van der Waals surface area (Å²) in [5.74, 6) is 1.76. The maximum Gasteiger partial charge on any atom is 0.138 e. The fraction of sp³-hybridized carbons (Fsp3) is 0.357. The SMILES string of the molecule is COc1ccc(CNCc2c(C)noc2C)cc1. The average molecular weight is 246 g/mol. The first-order chi connectivity index (χ1) is 8.70. The number of aryl methyl sites for hydroxylation is 2. The van der Waals surface area contributed by atoms with Gasteiger partial charge in [-0.15, -0.1) is 0 Å². The molecule has 96 valence electrons. The second-order valence-corrected chi connectivity index (χ2v) is 4.25. The molecule has 2 aromatic rings. The van der Waals surface area contributed by atoms with Gasteiger partial charge in [-0.25, -0.2) is 0 Å². The van der Waals surface area contributed by atoms with Crippen LogP contribution in [0, 0.1) is 13.8 Å². The smallest absolute Gasteiger partial charge is 0.138 e. The molecule has 0 unspecified atom stereocenters. The number of methoxy groups -OCH3 is 1. The maximum atomic E-state index is 5.12. The van der Waals surface area contributed by atoms with Gasteiger partial charge in [-0.05, 0) is 31.5 Å². The zero-order valence-electron chi connectivity index (χ0n) is 11.0. The Labute approximate surface area is 107 Å². The summed E-state index contributed by atoms with van der Waals surface area (Å²) in [6.45, 7) is 5.48. The Morgan fingerprint density at radius 2 is 1.89 bits per heavy atom. The highest BCUT2D eigenvalue weighted by Crippen LogP contribution is 2.13. The predicted octanol–water partition coefficient (Wildman–Crippen LogP) is 2.59. The van der Waals surface area contributed by atoms with Crippen molar-refractivity contribution in [1.29, 1.82) is 0 Å². The van der Waals surface area contributed by atoms with Gasteiger partial charge in [-0.3, -0.25) is 0 Å². The van der Waals surface area contributed by atoms with E-state index >= 15 is 0 Å². The summed E-state index contributed by atoms with van der Waals surface area (Å²) in [6, 6.07) is 8.04. The molecule has 1 aromatic heterocycles. The topological polar surface area (TPSA) is 47.3 Å².